The lowest BCUT2D eigenvalue weighted by Gasteiger charge is -2.18. The van der Waals surface area contributed by atoms with Gasteiger partial charge in [-0.2, -0.15) is 0 Å². The monoisotopic (exact) mass is 853 g/mol. The van der Waals surface area contributed by atoms with Crippen molar-refractivity contribution in [2.45, 2.75) is 258 Å². The smallest absolute Gasteiger partial charge is 0.306 e. The number of esters is 3. The van der Waals surface area contributed by atoms with Gasteiger partial charge < -0.3 is 14.2 Å². The molecule has 0 heterocycles. The predicted molar refractivity (Wildman–Crippen MR) is 261 cm³/mol. The number of allylic oxidation sites excluding steroid dienone is 10. The predicted octanol–water partition coefficient (Wildman–Crippen LogP) is 16.9. The summed E-state index contributed by atoms with van der Waals surface area (Å²) in [6.07, 6.45) is 60.5. The lowest BCUT2D eigenvalue weighted by atomic mass is 10.0. The fraction of sp³-hybridized carbons (Fsp3) is 0.764. The molecule has 0 unspecified atom stereocenters. The van der Waals surface area contributed by atoms with Crippen LogP contribution in [0, 0.1) is 0 Å². The fourth-order valence-electron chi connectivity index (χ4n) is 7.11. The number of carbonyl (C=O) groups excluding carboxylic acids is 3. The van der Waals surface area contributed by atoms with Crippen LogP contribution in [0.2, 0.25) is 0 Å². The topological polar surface area (TPSA) is 78.9 Å². The van der Waals surface area contributed by atoms with Crippen molar-refractivity contribution in [3.05, 3.63) is 60.8 Å². The average molecular weight is 853 g/mol. The average Bonchev–Trinajstić information content (AvgIpc) is 3.26. The van der Waals surface area contributed by atoms with Crippen LogP contribution in [0.15, 0.2) is 60.8 Å². The molecule has 0 aliphatic heterocycles. The number of hydrogen-bond acceptors (Lipinski definition) is 6. The summed E-state index contributed by atoms with van der Waals surface area (Å²) in [5.41, 5.74) is 0. The summed E-state index contributed by atoms with van der Waals surface area (Å²) in [4.78, 5) is 38.0. The molecule has 0 spiro atoms. The maximum atomic E-state index is 12.8. The minimum absolute atomic E-state index is 0.0850. The molecule has 0 radical (unpaired) electrons. The summed E-state index contributed by atoms with van der Waals surface area (Å²) in [5, 5.41) is 0. The first-order chi connectivity index (χ1) is 30.0. The normalized spacial score (nSPS) is 12.5. The van der Waals surface area contributed by atoms with Gasteiger partial charge in [0.2, 0.25) is 0 Å². The number of hydrogen-bond donors (Lipinski definition) is 0. The summed E-state index contributed by atoms with van der Waals surface area (Å²) in [7, 11) is 0. The first kappa shape index (κ1) is 58.1. The highest BCUT2D eigenvalue weighted by Gasteiger charge is 2.19. The standard InChI is InChI=1S/C55H96O6/c1-4-7-10-13-16-19-22-25-27-30-33-36-39-42-45-48-54(57)60-51-52(50-59-53(56)47-44-41-38-35-32-29-24-21-18-15-12-9-6-3)61-55(58)49-46-43-40-37-34-31-28-26-23-20-17-14-11-8-5-2/h13,16-17,19-20,22,25-28,52H,4-12,14-15,18,21,23-24,29-51H2,1-3H3/b16-13-,20-17-,22-19+,27-25-,28-26+/t52-/m1/s1. The Kier molecular flexibility index (Phi) is 47.4. The van der Waals surface area contributed by atoms with E-state index in [1.54, 1.807) is 0 Å². The lowest BCUT2D eigenvalue weighted by molar-refractivity contribution is -0.167. The molecule has 0 aliphatic carbocycles. The van der Waals surface area contributed by atoms with E-state index in [1.807, 2.05) is 0 Å². The van der Waals surface area contributed by atoms with E-state index >= 15 is 0 Å². The van der Waals surface area contributed by atoms with Gasteiger partial charge >= 0.3 is 17.9 Å². The Morgan fingerprint density at radius 2 is 0.672 bits per heavy atom. The highest BCUT2D eigenvalue weighted by Crippen LogP contribution is 2.15. The van der Waals surface area contributed by atoms with E-state index in [0.29, 0.717) is 19.3 Å². The third-order valence-electron chi connectivity index (χ3n) is 11.1. The van der Waals surface area contributed by atoms with Gasteiger partial charge in [0.05, 0.1) is 0 Å². The van der Waals surface area contributed by atoms with Crippen molar-refractivity contribution in [3.8, 4) is 0 Å². The van der Waals surface area contributed by atoms with Gasteiger partial charge in [-0.25, -0.2) is 0 Å². The van der Waals surface area contributed by atoms with Gasteiger partial charge in [0.1, 0.15) is 13.2 Å². The zero-order chi connectivity index (χ0) is 44.4. The first-order valence-corrected chi connectivity index (χ1v) is 25.8. The van der Waals surface area contributed by atoms with E-state index in [9.17, 15) is 14.4 Å². The Morgan fingerprint density at radius 1 is 0.344 bits per heavy atom. The van der Waals surface area contributed by atoms with Gasteiger partial charge in [0.15, 0.2) is 6.10 Å². The Balaban J connectivity index is 4.44. The van der Waals surface area contributed by atoms with Crippen LogP contribution in [0.4, 0.5) is 0 Å². The zero-order valence-electron chi connectivity index (χ0n) is 40.2. The lowest BCUT2D eigenvalue weighted by Crippen LogP contribution is -2.30. The minimum Gasteiger partial charge on any atom is -0.462 e. The van der Waals surface area contributed by atoms with E-state index in [2.05, 4.69) is 81.5 Å². The second-order valence-corrected chi connectivity index (χ2v) is 17.1. The second kappa shape index (κ2) is 49.8. The van der Waals surface area contributed by atoms with Crippen LogP contribution in [0.25, 0.3) is 0 Å². The zero-order valence-corrected chi connectivity index (χ0v) is 40.2. The molecule has 0 N–H and O–H groups in total. The number of rotatable bonds is 46. The maximum absolute atomic E-state index is 12.8. The van der Waals surface area contributed by atoms with Gasteiger partial charge in [0, 0.05) is 19.3 Å². The third kappa shape index (κ3) is 48.0. The molecule has 1 atom stereocenters. The van der Waals surface area contributed by atoms with Crippen LogP contribution in [0.1, 0.15) is 252 Å². The molecule has 61 heavy (non-hydrogen) atoms. The van der Waals surface area contributed by atoms with Crippen LogP contribution < -0.4 is 0 Å². The molecule has 6 nitrogen and oxygen atoms in total. The van der Waals surface area contributed by atoms with E-state index in [4.69, 9.17) is 14.2 Å². The molecule has 0 aliphatic rings. The number of carbonyl (C=O) groups is 3. The number of ether oxygens (including phenoxy) is 3. The molecule has 0 aromatic heterocycles. The first-order valence-electron chi connectivity index (χ1n) is 25.8. The third-order valence-corrected chi connectivity index (χ3v) is 11.1. The van der Waals surface area contributed by atoms with Crippen molar-refractivity contribution in [2.75, 3.05) is 13.2 Å². The Bertz CT molecular complexity index is 1120. The highest BCUT2D eigenvalue weighted by atomic mass is 16.6. The summed E-state index contributed by atoms with van der Waals surface area (Å²) >= 11 is 0. The van der Waals surface area contributed by atoms with Crippen molar-refractivity contribution >= 4 is 17.9 Å². The second-order valence-electron chi connectivity index (χ2n) is 17.1. The molecule has 0 saturated heterocycles. The molecular weight excluding hydrogens is 757 g/mol. The largest absolute Gasteiger partial charge is 0.462 e. The molecule has 0 saturated carbocycles. The van der Waals surface area contributed by atoms with Gasteiger partial charge in [-0.3, -0.25) is 14.4 Å². The molecule has 0 amide bonds. The van der Waals surface area contributed by atoms with E-state index in [-0.39, 0.29) is 31.1 Å². The molecule has 6 heteroatoms. The SMILES string of the molecule is CCCC\C=C/C=C/C=C\CCCCCCCC(=O)OC[C@@H](COC(=O)CCCCCCCCCCCCCCC)OC(=O)CCCCCCC/C=C/C/C=C\CCCCC. The molecular formula is C55H96O6. The van der Waals surface area contributed by atoms with E-state index in [1.165, 1.54) is 103 Å². The number of unbranched alkanes of at least 4 members (excludes halogenated alkanes) is 27. The quantitative estimate of drug-likeness (QED) is 0.0200. The minimum atomic E-state index is -0.787. The van der Waals surface area contributed by atoms with E-state index in [0.717, 1.165) is 109 Å². The van der Waals surface area contributed by atoms with Gasteiger partial charge in [-0.1, -0.05) is 223 Å². The summed E-state index contributed by atoms with van der Waals surface area (Å²) < 4.78 is 16.8. The van der Waals surface area contributed by atoms with Gasteiger partial charge in [-0.15, -0.1) is 0 Å². The van der Waals surface area contributed by atoms with Gasteiger partial charge in [-0.05, 0) is 70.6 Å². The summed E-state index contributed by atoms with van der Waals surface area (Å²) in [6.45, 7) is 6.54. The van der Waals surface area contributed by atoms with Crippen molar-refractivity contribution in [3.63, 3.8) is 0 Å². The van der Waals surface area contributed by atoms with Crippen LogP contribution in [-0.2, 0) is 28.6 Å². The molecule has 352 valence electrons. The Morgan fingerprint density at radius 3 is 1.11 bits per heavy atom. The molecule has 0 bridgehead atoms. The maximum Gasteiger partial charge on any atom is 0.306 e. The van der Waals surface area contributed by atoms with Crippen LogP contribution in [0.5, 0.6) is 0 Å². The molecule has 0 aromatic carbocycles. The molecule has 0 aromatic rings. The molecule has 0 fully saturated rings. The molecule has 0 rings (SSSR count). The van der Waals surface area contributed by atoms with Crippen molar-refractivity contribution in [1.29, 1.82) is 0 Å². The highest BCUT2D eigenvalue weighted by molar-refractivity contribution is 5.71. The summed E-state index contributed by atoms with van der Waals surface area (Å²) in [5.74, 6) is -0.915. The van der Waals surface area contributed by atoms with Crippen molar-refractivity contribution in [1.82, 2.24) is 0 Å². The Labute approximate surface area is 377 Å². The van der Waals surface area contributed by atoms with E-state index < -0.39 is 6.10 Å². The van der Waals surface area contributed by atoms with Crippen molar-refractivity contribution in [2.24, 2.45) is 0 Å². The fourth-order valence-corrected chi connectivity index (χ4v) is 7.11. The Hall–Kier alpha value is -2.89. The summed E-state index contributed by atoms with van der Waals surface area (Å²) in [6, 6.07) is 0. The van der Waals surface area contributed by atoms with Crippen LogP contribution in [-0.4, -0.2) is 37.2 Å². The van der Waals surface area contributed by atoms with Crippen LogP contribution in [0.3, 0.4) is 0 Å². The van der Waals surface area contributed by atoms with Gasteiger partial charge in [0.25, 0.3) is 0 Å². The van der Waals surface area contributed by atoms with Crippen LogP contribution >= 0.6 is 0 Å². The van der Waals surface area contributed by atoms with Crippen molar-refractivity contribution < 1.29 is 28.6 Å².